The molecule has 1 aliphatic rings. The van der Waals surface area contributed by atoms with Gasteiger partial charge in [-0.15, -0.1) is 11.8 Å². The number of amides is 1. The third-order valence-electron chi connectivity index (χ3n) is 4.33. The summed E-state index contributed by atoms with van der Waals surface area (Å²) < 4.78 is 10.6. The van der Waals surface area contributed by atoms with Crippen LogP contribution in [0.2, 0.25) is 0 Å². The summed E-state index contributed by atoms with van der Waals surface area (Å²) in [5.41, 5.74) is 1.57. The van der Waals surface area contributed by atoms with Crippen LogP contribution in [-0.4, -0.2) is 67.5 Å². The second kappa shape index (κ2) is 10.2. The normalized spacial score (nSPS) is 14.5. The molecular formula is C20H23N3O4S. The molecule has 1 aliphatic heterocycles. The van der Waals surface area contributed by atoms with E-state index in [0.717, 1.165) is 26.3 Å². The van der Waals surface area contributed by atoms with Gasteiger partial charge in [-0.05, 0) is 42.7 Å². The van der Waals surface area contributed by atoms with Crippen LogP contribution in [0, 0.1) is 0 Å². The Balaban J connectivity index is 1.51. The maximum absolute atomic E-state index is 12.4. The van der Waals surface area contributed by atoms with Crippen LogP contribution in [0.1, 0.15) is 20.7 Å². The molecule has 3 rings (SSSR count). The number of pyridine rings is 1. The monoisotopic (exact) mass is 401 g/mol. The molecule has 0 unspecified atom stereocenters. The Hall–Kier alpha value is -2.42. The fraction of sp³-hybridized carbons (Fsp3) is 0.350. The molecule has 0 spiro atoms. The minimum absolute atomic E-state index is 0.238. The van der Waals surface area contributed by atoms with Gasteiger partial charge in [0.15, 0.2) is 0 Å². The molecule has 8 heteroatoms. The fourth-order valence-corrected chi connectivity index (χ4v) is 3.34. The zero-order chi connectivity index (χ0) is 19.8. The molecular weight excluding hydrogens is 378 g/mol. The summed E-state index contributed by atoms with van der Waals surface area (Å²) >= 11 is 1.41. The molecule has 1 aromatic heterocycles. The van der Waals surface area contributed by atoms with Crippen LogP contribution in [0.5, 0.6) is 0 Å². The van der Waals surface area contributed by atoms with Gasteiger partial charge in [0.05, 0.1) is 24.3 Å². The van der Waals surface area contributed by atoms with Crippen molar-refractivity contribution < 1.29 is 19.1 Å². The van der Waals surface area contributed by atoms with Gasteiger partial charge in [-0.2, -0.15) is 0 Å². The minimum Gasteiger partial charge on any atom is -0.461 e. The van der Waals surface area contributed by atoms with Crippen molar-refractivity contribution in [3.63, 3.8) is 0 Å². The molecule has 1 N–H and O–H groups in total. The molecule has 1 fully saturated rings. The molecule has 1 aromatic carbocycles. The van der Waals surface area contributed by atoms with Gasteiger partial charge in [-0.1, -0.05) is 0 Å². The van der Waals surface area contributed by atoms with Crippen molar-refractivity contribution >= 4 is 29.3 Å². The van der Waals surface area contributed by atoms with Gasteiger partial charge in [0.25, 0.3) is 5.91 Å². The molecule has 0 radical (unpaired) electrons. The quantitative estimate of drug-likeness (QED) is 0.564. The molecule has 7 nitrogen and oxygen atoms in total. The zero-order valence-electron chi connectivity index (χ0n) is 15.7. The highest BCUT2D eigenvalue weighted by atomic mass is 32.2. The predicted molar refractivity (Wildman–Crippen MR) is 108 cm³/mol. The number of rotatable bonds is 7. The summed E-state index contributed by atoms with van der Waals surface area (Å²) in [6.07, 6.45) is 3.53. The third-order valence-corrected chi connectivity index (χ3v) is 5.04. The van der Waals surface area contributed by atoms with Gasteiger partial charge < -0.3 is 14.8 Å². The lowest BCUT2D eigenvalue weighted by atomic mass is 10.2. The SMILES string of the molecule is CSc1ncccc1C(=O)Nc1ccc(C(=O)OCCN2CCOCC2)cc1. The van der Waals surface area contributed by atoms with Crippen LogP contribution in [0.3, 0.4) is 0 Å². The van der Waals surface area contributed by atoms with Crippen LogP contribution in [0.15, 0.2) is 47.6 Å². The number of hydrogen-bond donors (Lipinski definition) is 1. The lowest BCUT2D eigenvalue weighted by Crippen LogP contribution is -2.38. The van der Waals surface area contributed by atoms with E-state index >= 15 is 0 Å². The molecule has 1 saturated heterocycles. The van der Waals surface area contributed by atoms with E-state index in [-0.39, 0.29) is 11.9 Å². The highest BCUT2D eigenvalue weighted by Gasteiger charge is 2.14. The maximum Gasteiger partial charge on any atom is 0.338 e. The first-order chi connectivity index (χ1) is 13.7. The van der Waals surface area contributed by atoms with Crippen molar-refractivity contribution in [2.24, 2.45) is 0 Å². The van der Waals surface area contributed by atoms with Gasteiger partial charge in [0.2, 0.25) is 0 Å². The Kier molecular flexibility index (Phi) is 7.41. The number of morpholine rings is 1. The van der Waals surface area contributed by atoms with Gasteiger partial charge in [-0.25, -0.2) is 9.78 Å². The zero-order valence-corrected chi connectivity index (χ0v) is 16.5. The van der Waals surface area contributed by atoms with Gasteiger partial charge >= 0.3 is 5.97 Å². The van der Waals surface area contributed by atoms with Crippen LogP contribution in [0.4, 0.5) is 5.69 Å². The highest BCUT2D eigenvalue weighted by Crippen LogP contribution is 2.19. The molecule has 0 saturated carbocycles. The van der Waals surface area contributed by atoms with Crippen molar-refractivity contribution in [1.29, 1.82) is 0 Å². The number of esters is 1. The van der Waals surface area contributed by atoms with Crippen LogP contribution in [-0.2, 0) is 9.47 Å². The van der Waals surface area contributed by atoms with E-state index in [2.05, 4.69) is 15.2 Å². The molecule has 148 valence electrons. The van der Waals surface area contributed by atoms with E-state index in [1.807, 2.05) is 6.26 Å². The molecule has 2 aromatic rings. The van der Waals surface area contributed by atoms with Crippen molar-refractivity contribution in [3.8, 4) is 0 Å². The number of carbonyl (C=O) groups is 2. The van der Waals surface area contributed by atoms with Gasteiger partial charge in [0, 0.05) is 31.5 Å². The molecule has 0 aliphatic carbocycles. The number of hydrogen-bond acceptors (Lipinski definition) is 7. The Morgan fingerprint density at radius 2 is 1.96 bits per heavy atom. The maximum atomic E-state index is 12.4. The lowest BCUT2D eigenvalue weighted by Gasteiger charge is -2.26. The Labute approximate surface area is 168 Å². The molecule has 2 heterocycles. The second-order valence-corrected chi connectivity index (χ2v) is 6.98. The minimum atomic E-state index is -0.372. The van der Waals surface area contributed by atoms with Gasteiger partial charge in [-0.3, -0.25) is 9.69 Å². The number of benzene rings is 1. The van der Waals surface area contributed by atoms with E-state index in [1.54, 1.807) is 42.6 Å². The van der Waals surface area contributed by atoms with E-state index in [4.69, 9.17) is 9.47 Å². The summed E-state index contributed by atoms with van der Waals surface area (Å²) in [6, 6.07) is 10.1. The van der Waals surface area contributed by atoms with Crippen LogP contribution < -0.4 is 5.32 Å². The van der Waals surface area contributed by atoms with Crippen molar-refractivity contribution in [1.82, 2.24) is 9.88 Å². The van der Waals surface area contributed by atoms with E-state index in [0.29, 0.717) is 35.0 Å². The Morgan fingerprint density at radius 3 is 2.68 bits per heavy atom. The number of carbonyl (C=O) groups excluding carboxylic acids is 2. The van der Waals surface area contributed by atoms with E-state index < -0.39 is 0 Å². The number of nitrogens with zero attached hydrogens (tertiary/aromatic N) is 2. The standard InChI is InChI=1S/C20H23N3O4S/c1-28-19-17(3-2-8-21-19)18(24)22-16-6-4-15(5-7-16)20(25)27-14-11-23-9-12-26-13-10-23/h2-8H,9-14H2,1H3,(H,22,24). The topological polar surface area (TPSA) is 80.8 Å². The van der Waals surface area contributed by atoms with Gasteiger partial charge in [0.1, 0.15) is 11.6 Å². The number of aromatic nitrogens is 1. The summed E-state index contributed by atoms with van der Waals surface area (Å²) in [7, 11) is 0. The van der Waals surface area contributed by atoms with Crippen molar-refractivity contribution in [2.75, 3.05) is 51.0 Å². The first-order valence-electron chi connectivity index (χ1n) is 9.05. The molecule has 0 bridgehead atoms. The predicted octanol–water partition coefficient (Wildman–Crippen LogP) is 2.54. The van der Waals surface area contributed by atoms with Crippen molar-refractivity contribution in [3.05, 3.63) is 53.7 Å². The first kappa shape index (κ1) is 20.3. The average molecular weight is 401 g/mol. The lowest BCUT2D eigenvalue weighted by molar-refractivity contribution is 0.0195. The number of ether oxygens (including phenoxy) is 2. The summed E-state index contributed by atoms with van der Waals surface area (Å²) in [5, 5.41) is 3.49. The fourth-order valence-electron chi connectivity index (χ4n) is 2.79. The third kappa shape index (κ3) is 5.54. The summed E-state index contributed by atoms with van der Waals surface area (Å²) in [5.74, 6) is -0.610. The smallest absolute Gasteiger partial charge is 0.338 e. The van der Waals surface area contributed by atoms with Crippen LogP contribution in [0.25, 0.3) is 0 Å². The number of anilines is 1. The van der Waals surface area contributed by atoms with Crippen LogP contribution >= 0.6 is 11.8 Å². The second-order valence-electron chi connectivity index (χ2n) is 6.18. The number of nitrogens with one attached hydrogen (secondary N) is 1. The summed E-state index contributed by atoms with van der Waals surface area (Å²) in [4.78, 5) is 31.0. The van der Waals surface area contributed by atoms with E-state index in [9.17, 15) is 9.59 Å². The van der Waals surface area contributed by atoms with Crippen molar-refractivity contribution in [2.45, 2.75) is 5.03 Å². The van der Waals surface area contributed by atoms with E-state index in [1.165, 1.54) is 11.8 Å². The average Bonchev–Trinajstić information content (AvgIpc) is 2.75. The largest absolute Gasteiger partial charge is 0.461 e. The number of thioether (sulfide) groups is 1. The Bertz CT molecular complexity index is 807. The molecule has 28 heavy (non-hydrogen) atoms. The summed E-state index contributed by atoms with van der Waals surface area (Å²) in [6.45, 7) is 4.21. The molecule has 1 amide bonds. The first-order valence-corrected chi connectivity index (χ1v) is 10.3. The molecule has 0 atom stereocenters. The Morgan fingerprint density at radius 1 is 1.21 bits per heavy atom. The highest BCUT2D eigenvalue weighted by molar-refractivity contribution is 7.98.